The van der Waals surface area contributed by atoms with Crippen LogP contribution >= 0.6 is 0 Å². The van der Waals surface area contributed by atoms with Crippen LogP contribution in [-0.2, 0) is 11.2 Å². The van der Waals surface area contributed by atoms with Gasteiger partial charge in [0, 0.05) is 24.4 Å². The van der Waals surface area contributed by atoms with Crippen molar-refractivity contribution < 1.29 is 28.5 Å². The monoisotopic (exact) mass is 468 g/mol. The van der Waals surface area contributed by atoms with Gasteiger partial charge in [0.05, 0.1) is 17.4 Å². The quantitative estimate of drug-likeness (QED) is 0.487. The zero-order valence-electron chi connectivity index (χ0n) is 18.4. The maximum absolute atomic E-state index is 14.2. The zero-order chi connectivity index (χ0) is 24.6. The summed E-state index contributed by atoms with van der Waals surface area (Å²) < 4.78 is 34.2. The molecule has 0 radical (unpaired) electrons. The van der Waals surface area contributed by atoms with Gasteiger partial charge in [-0.2, -0.15) is 0 Å². The largest absolute Gasteiger partial charge is 0.487 e. The second-order valence-corrected chi connectivity index (χ2v) is 8.19. The number of ketones is 1. The summed E-state index contributed by atoms with van der Waals surface area (Å²) in [7, 11) is 0. The molecule has 8 nitrogen and oxygen atoms in total. The van der Waals surface area contributed by atoms with Crippen LogP contribution in [0.2, 0.25) is 0 Å². The third-order valence-electron chi connectivity index (χ3n) is 5.82. The van der Waals surface area contributed by atoms with Gasteiger partial charge in [-0.05, 0) is 43.7 Å². The van der Waals surface area contributed by atoms with Crippen LogP contribution in [0.15, 0.2) is 48.9 Å². The van der Waals surface area contributed by atoms with Gasteiger partial charge in [0.2, 0.25) is 0 Å². The first-order valence-corrected chi connectivity index (χ1v) is 10.4. The van der Waals surface area contributed by atoms with E-state index in [-0.39, 0.29) is 29.4 Å². The Morgan fingerprint density at radius 2 is 1.94 bits per heavy atom. The molecular formula is C24H22F2N4O4. The standard InChI is InChI=1S/C24H22F2N4O4/c1-12-24(2,33)20(32)9-19(34-12)14-6-7-28-10-13(14)8-18(31)22-17(27)11-29-23(30-22)21-15(25)4-3-5-16(21)26/h3-7,9-12,20,32-33H,8,27H2,1-2H3/t12-,20-,24-/m0/s1. The van der Waals surface area contributed by atoms with Crippen molar-refractivity contribution in [1.82, 2.24) is 15.0 Å². The van der Waals surface area contributed by atoms with Crippen LogP contribution in [0.3, 0.4) is 0 Å². The number of nitrogens with two attached hydrogens (primary N) is 1. The number of carbonyl (C=O) groups excluding carboxylic acids is 1. The molecule has 176 valence electrons. The number of aliphatic hydroxyl groups excluding tert-OH is 1. The Bertz CT molecular complexity index is 1280. The van der Waals surface area contributed by atoms with Gasteiger partial charge in [-0.3, -0.25) is 9.78 Å². The number of rotatable bonds is 5. The van der Waals surface area contributed by atoms with Gasteiger partial charge in [0.15, 0.2) is 11.6 Å². The van der Waals surface area contributed by atoms with Crippen molar-refractivity contribution >= 4 is 17.2 Å². The lowest BCUT2D eigenvalue weighted by atomic mass is 9.89. The van der Waals surface area contributed by atoms with Crippen molar-refractivity contribution in [3.63, 3.8) is 0 Å². The number of nitrogen functional groups attached to an aromatic ring is 1. The van der Waals surface area contributed by atoms with Crippen molar-refractivity contribution in [2.75, 3.05) is 5.73 Å². The fraction of sp³-hybridized carbons (Fsp3) is 0.250. The molecule has 3 heterocycles. The molecule has 0 unspecified atom stereocenters. The molecule has 0 bridgehead atoms. The number of hydrogen-bond donors (Lipinski definition) is 3. The van der Waals surface area contributed by atoms with E-state index in [9.17, 15) is 23.8 Å². The van der Waals surface area contributed by atoms with Crippen LogP contribution in [0.25, 0.3) is 17.1 Å². The van der Waals surface area contributed by atoms with Gasteiger partial charge in [-0.25, -0.2) is 18.7 Å². The molecule has 0 saturated carbocycles. The van der Waals surface area contributed by atoms with E-state index < -0.39 is 40.8 Å². The molecule has 34 heavy (non-hydrogen) atoms. The number of anilines is 1. The minimum atomic E-state index is -1.49. The number of carbonyl (C=O) groups is 1. The first kappa shape index (κ1) is 23.4. The highest BCUT2D eigenvalue weighted by Crippen LogP contribution is 2.33. The summed E-state index contributed by atoms with van der Waals surface area (Å²) in [6.45, 7) is 3.08. The summed E-state index contributed by atoms with van der Waals surface area (Å²) in [5.41, 5.74) is 4.63. The molecule has 0 fully saturated rings. The Hall–Kier alpha value is -3.76. The smallest absolute Gasteiger partial charge is 0.187 e. The highest BCUT2D eigenvalue weighted by atomic mass is 19.1. The Morgan fingerprint density at radius 3 is 2.62 bits per heavy atom. The minimum Gasteiger partial charge on any atom is -0.487 e. The predicted molar refractivity (Wildman–Crippen MR) is 119 cm³/mol. The molecule has 4 rings (SSSR count). The number of aliphatic hydroxyl groups is 2. The number of aromatic nitrogens is 3. The second kappa shape index (κ2) is 8.88. The number of hydrogen-bond acceptors (Lipinski definition) is 8. The van der Waals surface area contributed by atoms with Gasteiger partial charge >= 0.3 is 0 Å². The third kappa shape index (κ3) is 4.25. The molecule has 10 heteroatoms. The van der Waals surface area contributed by atoms with Gasteiger partial charge in [0.25, 0.3) is 0 Å². The van der Waals surface area contributed by atoms with Crippen LogP contribution in [0, 0.1) is 11.6 Å². The number of benzene rings is 1. The summed E-state index contributed by atoms with van der Waals surface area (Å²) in [5.74, 6) is -2.31. The van der Waals surface area contributed by atoms with Crippen LogP contribution in [0.1, 0.15) is 35.5 Å². The number of pyridine rings is 1. The number of nitrogens with zero attached hydrogens (tertiary/aromatic N) is 3. The summed E-state index contributed by atoms with van der Waals surface area (Å²) >= 11 is 0. The van der Waals surface area contributed by atoms with E-state index in [2.05, 4.69) is 15.0 Å². The molecule has 0 saturated heterocycles. The lowest BCUT2D eigenvalue weighted by molar-refractivity contribution is -0.121. The van der Waals surface area contributed by atoms with Gasteiger partial charge < -0.3 is 20.7 Å². The van der Waals surface area contributed by atoms with Gasteiger partial charge in [-0.15, -0.1) is 0 Å². The molecule has 1 aliphatic rings. The molecular weight excluding hydrogens is 446 g/mol. The highest BCUT2D eigenvalue weighted by Gasteiger charge is 2.41. The summed E-state index contributed by atoms with van der Waals surface area (Å²) in [4.78, 5) is 25.1. The lowest BCUT2D eigenvalue weighted by Crippen LogP contribution is -2.51. The van der Waals surface area contributed by atoms with Crippen LogP contribution in [-0.4, -0.2) is 48.8 Å². The van der Waals surface area contributed by atoms with Crippen molar-refractivity contribution in [1.29, 1.82) is 0 Å². The van der Waals surface area contributed by atoms with Crippen molar-refractivity contribution in [2.45, 2.75) is 38.1 Å². The molecule has 2 aromatic heterocycles. The fourth-order valence-corrected chi connectivity index (χ4v) is 3.57. The van der Waals surface area contributed by atoms with E-state index in [1.807, 2.05) is 0 Å². The van der Waals surface area contributed by atoms with Gasteiger partial charge in [0.1, 0.15) is 40.9 Å². The number of halogens is 2. The maximum Gasteiger partial charge on any atom is 0.187 e. The first-order chi connectivity index (χ1) is 16.1. The van der Waals surface area contributed by atoms with Crippen LogP contribution in [0.5, 0.6) is 0 Å². The van der Waals surface area contributed by atoms with E-state index in [1.165, 1.54) is 31.5 Å². The van der Waals surface area contributed by atoms with Crippen LogP contribution in [0.4, 0.5) is 14.5 Å². The summed E-state index contributed by atoms with van der Waals surface area (Å²) in [5, 5.41) is 20.7. The Labute approximate surface area is 193 Å². The first-order valence-electron chi connectivity index (χ1n) is 10.4. The molecule has 1 aromatic carbocycles. The zero-order valence-corrected chi connectivity index (χ0v) is 18.4. The summed E-state index contributed by atoms with van der Waals surface area (Å²) in [6, 6.07) is 4.94. The van der Waals surface area contributed by atoms with E-state index in [0.29, 0.717) is 11.1 Å². The molecule has 3 atom stereocenters. The predicted octanol–water partition coefficient (Wildman–Crippen LogP) is 2.70. The molecule has 0 spiro atoms. The highest BCUT2D eigenvalue weighted by molar-refractivity contribution is 6.00. The Morgan fingerprint density at radius 1 is 1.24 bits per heavy atom. The van der Waals surface area contributed by atoms with E-state index in [0.717, 1.165) is 18.3 Å². The van der Waals surface area contributed by atoms with Crippen molar-refractivity contribution in [3.05, 3.63) is 77.4 Å². The fourth-order valence-electron chi connectivity index (χ4n) is 3.57. The molecule has 3 aromatic rings. The average Bonchev–Trinajstić information content (AvgIpc) is 2.78. The lowest BCUT2D eigenvalue weighted by Gasteiger charge is -2.38. The molecule has 0 aliphatic carbocycles. The van der Waals surface area contributed by atoms with Crippen molar-refractivity contribution in [3.8, 4) is 11.4 Å². The molecule has 4 N–H and O–H groups in total. The van der Waals surface area contributed by atoms with Crippen molar-refractivity contribution in [2.24, 2.45) is 0 Å². The van der Waals surface area contributed by atoms with Crippen LogP contribution < -0.4 is 5.73 Å². The number of Topliss-reactive ketones (excluding diaryl/α,β-unsaturated/α-hetero) is 1. The second-order valence-electron chi connectivity index (χ2n) is 8.19. The molecule has 0 amide bonds. The third-order valence-corrected chi connectivity index (χ3v) is 5.82. The Kier molecular flexibility index (Phi) is 6.11. The van der Waals surface area contributed by atoms with Gasteiger partial charge in [-0.1, -0.05) is 6.07 Å². The Balaban J connectivity index is 1.68. The minimum absolute atomic E-state index is 0.0517. The van der Waals surface area contributed by atoms with E-state index >= 15 is 0 Å². The SMILES string of the molecule is C[C@@H]1OC(c2ccncc2CC(=O)c2nc(-c3c(F)cccc3F)ncc2N)=C[C@H](O)[C@@]1(C)O. The number of ether oxygens (including phenoxy) is 1. The summed E-state index contributed by atoms with van der Waals surface area (Å²) in [6.07, 6.45) is 3.30. The van der Waals surface area contributed by atoms with E-state index in [4.69, 9.17) is 10.5 Å². The maximum atomic E-state index is 14.2. The topological polar surface area (TPSA) is 131 Å². The average molecular weight is 468 g/mol. The van der Waals surface area contributed by atoms with E-state index in [1.54, 1.807) is 13.0 Å². The molecule has 1 aliphatic heterocycles. The normalized spacial score (nSPS) is 22.1.